The second-order valence-electron chi connectivity index (χ2n) is 5.68. The van der Waals surface area contributed by atoms with Gasteiger partial charge in [0.05, 0.1) is 12.0 Å². The quantitative estimate of drug-likeness (QED) is 0.830. The van der Waals surface area contributed by atoms with Crippen LogP contribution in [0.1, 0.15) is 45.3 Å². The van der Waals surface area contributed by atoms with E-state index < -0.39 is 0 Å². The van der Waals surface area contributed by atoms with E-state index >= 15 is 0 Å². The fraction of sp³-hybridized carbons (Fsp3) is 0.769. The first kappa shape index (κ1) is 11.6. The predicted octanol–water partition coefficient (Wildman–Crippen LogP) is 2.59. The molecule has 3 unspecified atom stereocenters. The van der Waals surface area contributed by atoms with Gasteiger partial charge in [0.15, 0.2) is 0 Å². The first-order chi connectivity index (χ1) is 7.58. The largest absolute Gasteiger partial charge is 0.333 e. The van der Waals surface area contributed by atoms with Crippen LogP contribution in [-0.4, -0.2) is 9.55 Å². The first-order valence-electron chi connectivity index (χ1n) is 6.33. The summed E-state index contributed by atoms with van der Waals surface area (Å²) in [6.45, 7) is 7.84. The summed E-state index contributed by atoms with van der Waals surface area (Å²) in [4.78, 5) is 4.24. The molecule has 2 rings (SSSR count). The predicted molar refractivity (Wildman–Crippen MR) is 65.9 cm³/mol. The molecule has 3 atom stereocenters. The van der Waals surface area contributed by atoms with Crippen molar-refractivity contribution in [2.45, 2.75) is 46.2 Å². The Labute approximate surface area is 98.1 Å². The minimum absolute atomic E-state index is 0.136. The molecule has 3 heteroatoms. The normalized spacial score (nSPS) is 26.1. The molecule has 0 aromatic carbocycles. The highest BCUT2D eigenvalue weighted by molar-refractivity contribution is 5.05. The number of aromatic nitrogens is 2. The summed E-state index contributed by atoms with van der Waals surface area (Å²) < 4.78 is 2.25. The second-order valence-corrected chi connectivity index (χ2v) is 5.68. The van der Waals surface area contributed by atoms with Gasteiger partial charge in [0.1, 0.15) is 0 Å². The molecule has 0 amide bonds. The molecule has 0 radical (unpaired) electrons. The summed E-state index contributed by atoms with van der Waals surface area (Å²) >= 11 is 0. The summed E-state index contributed by atoms with van der Waals surface area (Å²) in [7, 11) is 0. The Morgan fingerprint density at radius 3 is 2.81 bits per heavy atom. The van der Waals surface area contributed by atoms with Crippen molar-refractivity contribution in [3.05, 3.63) is 18.2 Å². The van der Waals surface area contributed by atoms with E-state index in [0.29, 0.717) is 5.92 Å². The van der Waals surface area contributed by atoms with Crippen molar-refractivity contribution in [3.8, 4) is 0 Å². The summed E-state index contributed by atoms with van der Waals surface area (Å²) in [5, 5.41) is 0. The van der Waals surface area contributed by atoms with E-state index in [9.17, 15) is 0 Å². The number of imidazole rings is 1. The zero-order chi connectivity index (χ0) is 11.7. The van der Waals surface area contributed by atoms with E-state index in [1.54, 1.807) is 0 Å². The van der Waals surface area contributed by atoms with Crippen molar-refractivity contribution >= 4 is 0 Å². The fourth-order valence-electron chi connectivity index (χ4n) is 2.33. The molecule has 3 nitrogen and oxygen atoms in total. The maximum atomic E-state index is 6.21. The molecule has 0 saturated heterocycles. The maximum absolute atomic E-state index is 6.21. The second kappa shape index (κ2) is 4.58. The number of rotatable bonds is 5. The highest BCUT2D eigenvalue weighted by Gasteiger charge is 2.33. The molecule has 1 heterocycles. The Morgan fingerprint density at radius 1 is 1.56 bits per heavy atom. The lowest BCUT2D eigenvalue weighted by Gasteiger charge is -2.16. The Bertz CT molecular complexity index is 343. The van der Waals surface area contributed by atoms with Gasteiger partial charge in [0, 0.05) is 18.8 Å². The Kier molecular flexibility index (Phi) is 3.33. The van der Waals surface area contributed by atoms with Crippen LogP contribution in [0.4, 0.5) is 0 Å². The molecular weight excluding hydrogens is 198 g/mol. The van der Waals surface area contributed by atoms with E-state index in [1.165, 1.54) is 12.1 Å². The molecule has 90 valence electrons. The fourth-order valence-corrected chi connectivity index (χ4v) is 2.33. The molecule has 0 aliphatic heterocycles. The molecule has 1 aromatic rings. The van der Waals surface area contributed by atoms with Crippen molar-refractivity contribution < 1.29 is 0 Å². The molecular formula is C13H23N3. The third-order valence-corrected chi connectivity index (χ3v) is 3.56. The topological polar surface area (TPSA) is 43.8 Å². The van der Waals surface area contributed by atoms with Crippen LogP contribution in [0.2, 0.25) is 0 Å². The van der Waals surface area contributed by atoms with Gasteiger partial charge in [-0.1, -0.05) is 20.8 Å². The van der Waals surface area contributed by atoms with Gasteiger partial charge in [-0.25, -0.2) is 4.98 Å². The lowest BCUT2D eigenvalue weighted by atomic mass is 10.0. The number of nitrogens with two attached hydrogens (primary N) is 1. The van der Waals surface area contributed by atoms with Crippen LogP contribution in [0, 0.1) is 17.8 Å². The molecule has 1 fully saturated rings. The van der Waals surface area contributed by atoms with E-state index in [4.69, 9.17) is 5.73 Å². The zero-order valence-corrected chi connectivity index (χ0v) is 10.6. The molecule has 2 N–H and O–H groups in total. The van der Waals surface area contributed by atoms with Crippen molar-refractivity contribution in [2.75, 3.05) is 0 Å². The highest BCUT2D eigenvalue weighted by atomic mass is 15.1. The maximum Gasteiger partial charge on any atom is 0.0948 e. The summed E-state index contributed by atoms with van der Waals surface area (Å²) in [6, 6.07) is 0.136. The molecule has 1 aliphatic carbocycles. The summed E-state index contributed by atoms with van der Waals surface area (Å²) in [6.07, 6.45) is 6.25. The number of nitrogens with zero attached hydrogens (tertiary/aromatic N) is 2. The minimum Gasteiger partial charge on any atom is -0.333 e. The molecule has 0 spiro atoms. The van der Waals surface area contributed by atoms with Gasteiger partial charge in [-0.15, -0.1) is 0 Å². The highest BCUT2D eigenvalue weighted by Crippen LogP contribution is 2.39. The van der Waals surface area contributed by atoms with Crippen molar-refractivity contribution in [1.29, 1.82) is 0 Å². The van der Waals surface area contributed by atoms with Gasteiger partial charge in [-0.05, 0) is 30.6 Å². The van der Waals surface area contributed by atoms with E-state index in [-0.39, 0.29) is 6.04 Å². The Hall–Kier alpha value is -0.830. The van der Waals surface area contributed by atoms with Crippen LogP contribution >= 0.6 is 0 Å². The monoisotopic (exact) mass is 221 g/mol. The van der Waals surface area contributed by atoms with Crippen LogP contribution < -0.4 is 5.73 Å². The standard InChI is InChI=1S/C13H23N3/c1-9(2)4-12(14)13-6-15-8-16(13)7-11-5-10(11)3/h6,8-12H,4-5,7,14H2,1-3H3. The molecule has 16 heavy (non-hydrogen) atoms. The lowest BCUT2D eigenvalue weighted by molar-refractivity contribution is 0.473. The molecule has 1 saturated carbocycles. The van der Waals surface area contributed by atoms with Gasteiger partial charge in [0.2, 0.25) is 0 Å². The Morgan fingerprint density at radius 2 is 2.25 bits per heavy atom. The lowest BCUT2D eigenvalue weighted by Crippen LogP contribution is -2.17. The van der Waals surface area contributed by atoms with Crippen LogP contribution in [0.25, 0.3) is 0 Å². The average molecular weight is 221 g/mol. The van der Waals surface area contributed by atoms with Crippen LogP contribution in [-0.2, 0) is 6.54 Å². The van der Waals surface area contributed by atoms with Crippen molar-refractivity contribution in [1.82, 2.24) is 9.55 Å². The van der Waals surface area contributed by atoms with Gasteiger partial charge >= 0.3 is 0 Å². The molecule has 1 aromatic heterocycles. The average Bonchev–Trinajstić information content (AvgIpc) is 2.72. The van der Waals surface area contributed by atoms with Crippen LogP contribution in [0.3, 0.4) is 0 Å². The minimum atomic E-state index is 0.136. The third-order valence-electron chi connectivity index (χ3n) is 3.56. The number of hydrogen-bond acceptors (Lipinski definition) is 2. The smallest absolute Gasteiger partial charge is 0.0948 e. The molecule has 0 bridgehead atoms. The van der Waals surface area contributed by atoms with Crippen LogP contribution in [0.15, 0.2) is 12.5 Å². The summed E-state index contributed by atoms with van der Waals surface area (Å²) in [5.41, 5.74) is 7.41. The van der Waals surface area contributed by atoms with Crippen molar-refractivity contribution in [2.24, 2.45) is 23.5 Å². The third kappa shape index (κ3) is 2.64. The van der Waals surface area contributed by atoms with E-state index in [1.807, 2.05) is 12.5 Å². The number of hydrogen-bond donors (Lipinski definition) is 1. The van der Waals surface area contributed by atoms with E-state index in [0.717, 1.165) is 24.8 Å². The zero-order valence-electron chi connectivity index (χ0n) is 10.6. The van der Waals surface area contributed by atoms with E-state index in [2.05, 4.69) is 30.3 Å². The molecule has 1 aliphatic rings. The van der Waals surface area contributed by atoms with Gasteiger partial charge in [0.25, 0.3) is 0 Å². The van der Waals surface area contributed by atoms with Gasteiger partial charge in [-0.3, -0.25) is 0 Å². The Balaban J connectivity index is 2.00. The van der Waals surface area contributed by atoms with Crippen molar-refractivity contribution in [3.63, 3.8) is 0 Å². The van der Waals surface area contributed by atoms with Crippen LogP contribution in [0.5, 0.6) is 0 Å². The first-order valence-corrected chi connectivity index (χ1v) is 6.33. The van der Waals surface area contributed by atoms with Gasteiger partial charge < -0.3 is 10.3 Å². The summed E-state index contributed by atoms with van der Waals surface area (Å²) in [5.74, 6) is 2.37. The SMILES string of the molecule is CC(C)CC(N)c1cncn1CC1CC1C. The van der Waals surface area contributed by atoms with Gasteiger partial charge in [-0.2, -0.15) is 0 Å².